The molecule has 3 rings (SSSR count). The number of thiophene rings is 1. The number of pyridine rings is 1. The number of anilines is 1. The molecule has 7 nitrogen and oxygen atoms in total. The van der Waals surface area contributed by atoms with E-state index in [-0.39, 0.29) is 17.4 Å². The first-order valence-electron chi connectivity index (χ1n) is 6.75. The van der Waals surface area contributed by atoms with Crippen molar-refractivity contribution in [3.63, 3.8) is 0 Å². The standard InChI is InChI=1S/C15H14N4O3S/c1-21-11-5-4-9(7-17-11)13-12(14(16)22-19-13)15(20)18-8-10-3-2-6-23-10/h2-7H,8,16H2,1H3,(H,18,20). The summed E-state index contributed by atoms with van der Waals surface area (Å²) in [6.07, 6.45) is 1.55. The van der Waals surface area contributed by atoms with Crippen LogP contribution in [0.15, 0.2) is 40.4 Å². The molecule has 0 aromatic carbocycles. The summed E-state index contributed by atoms with van der Waals surface area (Å²) in [6, 6.07) is 7.28. The number of hydrogen-bond donors (Lipinski definition) is 2. The second-order valence-corrected chi connectivity index (χ2v) is 5.65. The average molecular weight is 330 g/mol. The Labute approximate surface area is 136 Å². The maximum atomic E-state index is 12.4. The van der Waals surface area contributed by atoms with E-state index in [1.165, 1.54) is 7.11 Å². The molecule has 23 heavy (non-hydrogen) atoms. The predicted molar refractivity (Wildman–Crippen MR) is 86.2 cm³/mol. The highest BCUT2D eigenvalue weighted by Gasteiger charge is 2.22. The van der Waals surface area contributed by atoms with Gasteiger partial charge in [-0.15, -0.1) is 11.3 Å². The van der Waals surface area contributed by atoms with Gasteiger partial charge in [0.1, 0.15) is 11.3 Å². The number of ether oxygens (including phenoxy) is 1. The van der Waals surface area contributed by atoms with Crippen molar-refractivity contribution in [1.29, 1.82) is 0 Å². The molecule has 3 N–H and O–H groups in total. The maximum Gasteiger partial charge on any atom is 0.259 e. The van der Waals surface area contributed by atoms with E-state index in [2.05, 4.69) is 15.5 Å². The fourth-order valence-corrected chi connectivity index (χ4v) is 2.67. The second kappa shape index (κ2) is 6.49. The zero-order valence-electron chi connectivity index (χ0n) is 12.3. The smallest absolute Gasteiger partial charge is 0.259 e. The number of amides is 1. The predicted octanol–water partition coefficient (Wildman–Crippen LogP) is 2.32. The minimum atomic E-state index is -0.344. The quantitative estimate of drug-likeness (QED) is 0.744. The van der Waals surface area contributed by atoms with Gasteiger partial charge in [0.2, 0.25) is 11.8 Å². The topological polar surface area (TPSA) is 103 Å². The summed E-state index contributed by atoms with van der Waals surface area (Å²) < 4.78 is 9.99. The summed E-state index contributed by atoms with van der Waals surface area (Å²) in [5.74, 6) is 0.0939. The molecule has 118 valence electrons. The van der Waals surface area contributed by atoms with Crippen molar-refractivity contribution < 1.29 is 14.1 Å². The van der Waals surface area contributed by atoms with Crippen LogP contribution in [-0.2, 0) is 6.54 Å². The van der Waals surface area contributed by atoms with Crippen molar-refractivity contribution in [2.75, 3.05) is 12.8 Å². The molecule has 3 heterocycles. The van der Waals surface area contributed by atoms with E-state index in [9.17, 15) is 4.79 Å². The summed E-state index contributed by atoms with van der Waals surface area (Å²) in [4.78, 5) is 17.5. The van der Waals surface area contributed by atoms with Gasteiger partial charge in [0, 0.05) is 22.7 Å². The van der Waals surface area contributed by atoms with Crippen molar-refractivity contribution in [2.24, 2.45) is 0 Å². The minimum absolute atomic E-state index is 0.0282. The highest BCUT2D eigenvalue weighted by atomic mass is 32.1. The highest BCUT2D eigenvalue weighted by Crippen LogP contribution is 2.27. The van der Waals surface area contributed by atoms with E-state index in [1.54, 1.807) is 29.7 Å². The second-order valence-electron chi connectivity index (χ2n) is 4.62. The molecule has 0 aliphatic rings. The van der Waals surface area contributed by atoms with Crippen LogP contribution in [0, 0.1) is 0 Å². The summed E-state index contributed by atoms with van der Waals surface area (Å²) in [5.41, 5.74) is 6.92. The molecule has 0 saturated carbocycles. The van der Waals surface area contributed by atoms with Gasteiger partial charge >= 0.3 is 0 Å². The Morgan fingerprint density at radius 2 is 2.30 bits per heavy atom. The van der Waals surface area contributed by atoms with Crippen LogP contribution in [0.4, 0.5) is 5.88 Å². The first kappa shape index (κ1) is 15.0. The van der Waals surface area contributed by atoms with Crippen LogP contribution < -0.4 is 15.8 Å². The first-order valence-corrected chi connectivity index (χ1v) is 7.63. The third kappa shape index (κ3) is 3.16. The fourth-order valence-electron chi connectivity index (χ4n) is 2.03. The minimum Gasteiger partial charge on any atom is -0.481 e. The zero-order chi connectivity index (χ0) is 16.2. The van der Waals surface area contributed by atoms with Gasteiger partial charge in [-0.25, -0.2) is 4.98 Å². The number of nitrogens with zero attached hydrogens (tertiary/aromatic N) is 2. The summed E-state index contributed by atoms with van der Waals surface area (Å²) in [6.45, 7) is 0.418. The van der Waals surface area contributed by atoms with Gasteiger partial charge in [0.25, 0.3) is 5.91 Å². The third-order valence-electron chi connectivity index (χ3n) is 3.17. The number of rotatable bonds is 5. The Balaban J connectivity index is 1.84. The molecule has 8 heteroatoms. The SMILES string of the molecule is COc1ccc(-c2noc(N)c2C(=O)NCc2cccs2)cn1. The molecule has 0 spiro atoms. The number of carbonyl (C=O) groups is 1. The molecule has 0 atom stereocenters. The molecular formula is C15H14N4O3S. The highest BCUT2D eigenvalue weighted by molar-refractivity contribution is 7.09. The van der Waals surface area contributed by atoms with Crippen LogP contribution in [0.5, 0.6) is 5.88 Å². The summed E-state index contributed by atoms with van der Waals surface area (Å²) >= 11 is 1.56. The monoisotopic (exact) mass is 330 g/mol. The van der Waals surface area contributed by atoms with E-state index in [0.29, 0.717) is 23.7 Å². The normalized spacial score (nSPS) is 10.5. The molecule has 0 fully saturated rings. The number of methoxy groups -OCH3 is 1. The average Bonchev–Trinajstić information content (AvgIpc) is 3.22. The van der Waals surface area contributed by atoms with Crippen LogP contribution in [0.2, 0.25) is 0 Å². The molecule has 3 aromatic heterocycles. The Bertz CT molecular complexity index is 797. The van der Waals surface area contributed by atoms with Gasteiger partial charge in [-0.2, -0.15) is 0 Å². The zero-order valence-corrected chi connectivity index (χ0v) is 13.1. The lowest BCUT2D eigenvalue weighted by Crippen LogP contribution is -2.23. The van der Waals surface area contributed by atoms with Crippen LogP contribution in [0.25, 0.3) is 11.3 Å². The van der Waals surface area contributed by atoms with Crippen molar-refractivity contribution >= 4 is 23.1 Å². The maximum absolute atomic E-state index is 12.4. The Morgan fingerprint density at radius 1 is 1.43 bits per heavy atom. The Kier molecular flexibility index (Phi) is 4.24. The molecule has 0 unspecified atom stereocenters. The van der Waals surface area contributed by atoms with Crippen molar-refractivity contribution in [3.05, 3.63) is 46.3 Å². The van der Waals surface area contributed by atoms with Gasteiger partial charge in [-0.1, -0.05) is 11.2 Å². The van der Waals surface area contributed by atoms with Crippen LogP contribution >= 0.6 is 11.3 Å². The molecule has 3 aromatic rings. The third-order valence-corrected chi connectivity index (χ3v) is 4.04. The van der Waals surface area contributed by atoms with Gasteiger partial charge in [-0.05, 0) is 17.5 Å². The van der Waals surface area contributed by atoms with Crippen molar-refractivity contribution in [1.82, 2.24) is 15.5 Å². The number of nitrogen functional groups attached to an aromatic ring is 1. The Morgan fingerprint density at radius 3 is 2.96 bits per heavy atom. The van der Waals surface area contributed by atoms with Gasteiger partial charge in [0.15, 0.2) is 0 Å². The number of carbonyl (C=O) groups excluding carboxylic acids is 1. The molecule has 0 bridgehead atoms. The van der Waals surface area contributed by atoms with Crippen molar-refractivity contribution in [2.45, 2.75) is 6.54 Å². The van der Waals surface area contributed by atoms with Gasteiger partial charge in [0.05, 0.1) is 13.7 Å². The largest absolute Gasteiger partial charge is 0.481 e. The first-order chi connectivity index (χ1) is 11.2. The lowest BCUT2D eigenvalue weighted by Gasteiger charge is -2.05. The fraction of sp³-hybridized carbons (Fsp3) is 0.133. The number of nitrogens with one attached hydrogen (secondary N) is 1. The lowest BCUT2D eigenvalue weighted by atomic mass is 10.1. The number of hydrogen-bond acceptors (Lipinski definition) is 7. The summed E-state index contributed by atoms with van der Waals surface area (Å²) in [7, 11) is 1.53. The summed E-state index contributed by atoms with van der Waals surface area (Å²) in [5, 5.41) is 8.62. The van der Waals surface area contributed by atoms with E-state index in [0.717, 1.165) is 4.88 Å². The molecule has 0 radical (unpaired) electrons. The molecular weight excluding hydrogens is 316 g/mol. The molecule has 1 amide bonds. The van der Waals surface area contributed by atoms with Crippen LogP contribution in [0.3, 0.4) is 0 Å². The number of nitrogens with two attached hydrogens (primary N) is 1. The van der Waals surface area contributed by atoms with Crippen LogP contribution in [-0.4, -0.2) is 23.2 Å². The van der Waals surface area contributed by atoms with Gasteiger partial charge < -0.3 is 20.3 Å². The van der Waals surface area contributed by atoms with Crippen LogP contribution in [0.1, 0.15) is 15.2 Å². The lowest BCUT2D eigenvalue weighted by molar-refractivity contribution is 0.0952. The van der Waals surface area contributed by atoms with E-state index < -0.39 is 0 Å². The van der Waals surface area contributed by atoms with E-state index in [4.69, 9.17) is 15.0 Å². The Hall–Kier alpha value is -2.87. The van der Waals surface area contributed by atoms with E-state index >= 15 is 0 Å². The van der Waals surface area contributed by atoms with Crippen molar-refractivity contribution in [3.8, 4) is 17.1 Å². The molecule has 0 saturated heterocycles. The molecule has 0 aliphatic heterocycles. The molecule has 0 aliphatic carbocycles. The van der Waals surface area contributed by atoms with Gasteiger partial charge in [-0.3, -0.25) is 4.79 Å². The number of aromatic nitrogens is 2. The van der Waals surface area contributed by atoms with E-state index in [1.807, 2.05) is 17.5 Å².